The minimum absolute atomic E-state index is 0.165. The van der Waals surface area contributed by atoms with Gasteiger partial charge in [0.15, 0.2) is 0 Å². The molecule has 4 heterocycles. The quantitative estimate of drug-likeness (QED) is 0.0718. The van der Waals surface area contributed by atoms with Crippen molar-refractivity contribution in [2.24, 2.45) is 55.8 Å². The molecule has 568 valence electrons. The van der Waals surface area contributed by atoms with Gasteiger partial charge in [-0.25, -0.2) is 0 Å². The second-order valence-electron chi connectivity index (χ2n) is 42.4. The van der Waals surface area contributed by atoms with Crippen molar-refractivity contribution in [2.45, 2.75) is 279 Å². The van der Waals surface area contributed by atoms with Crippen LogP contribution < -0.4 is 35.9 Å². The summed E-state index contributed by atoms with van der Waals surface area (Å²) in [4.78, 5) is 0. The summed E-state index contributed by atoms with van der Waals surface area (Å²) in [5.41, 5.74) is 29.6. The molecule has 0 aliphatic rings. The molecule has 8 heteroatoms. The van der Waals surface area contributed by atoms with E-state index in [1.54, 1.807) is 39.8 Å². The van der Waals surface area contributed by atoms with E-state index >= 15 is 0 Å². The molecule has 0 radical (unpaired) electrons. The van der Waals surface area contributed by atoms with Crippen molar-refractivity contribution in [1.82, 2.24) is 0 Å². The van der Waals surface area contributed by atoms with Crippen molar-refractivity contribution in [3.05, 3.63) is 189 Å². The molecule has 0 aliphatic carbocycles. The Kier molecular flexibility index (Phi) is 30.1. The predicted molar refractivity (Wildman–Crippen MR) is 472 cm³/mol. The van der Waals surface area contributed by atoms with Gasteiger partial charge in [0.1, 0.15) is 0 Å². The number of pyridine rings is 4. The SMILES string of the molecule is Cc1ccc(C(C)(C)C)cc1-c1c[c]([Ge]([CH3])([CH3])[CH3])c(CC(C)(C)C)c[n+]1C.Cc1ccc(C(C)C)cc1-c1c[c]([Ge]([CH3])([CH3])[CH3])c(CC(C)(C)C)c[n+]1C.Cc1ccc(C)c(-c2c[c]([Ge]([CH3])([CH3])[CH3])c(CC(C)(C)C)c[n+]2C)c1.Cc1ccc(CC(C)C)cc1-c1c[c]([Ge]([CH3])([CH3])[CH3])c(CC(C)(C)C)c[n+]1C. The number of hydrogen-bond acceptors (Lipinski definition) is 0. The maximum atomic E-state index is 2.53. The van der Waals surface area contributed by atoms with Crippen molar-refractivity contribution in [1.29, 1.82) is 0 Å². The van der Waals surface area contributed by atoms with Crippen molar-refractivity contribution in [3.8, 4) is 45.0 Å². The van der Waals surface area contributed by atoms with Crippen molar-refractivity contribution < 1.29 is 18.3 Å². The van der Waals surface area contributed by atoms with Gasteiger partial charge < -0.3 is 0 Å². The van der Waals surface area contributed by atoms with Crippen LogP contribution in [0.1, 0.15) is 204 Å². The number of rotatable bonds is 15. The fourth-order valence-corrected chi connectivity index (χ4v) is 28.9. The number of hydrogen-bond donors (Lipinski definition) is 0. The van der Waals surface area contributed by atoms with Gasteiger partial charge in [-0.2, -0.15) is 0 Å². The van der Waals surface area contributed by atoms with Crippen LogP contribution in [0.4, 0.5) is 0 Å². The van der Waals surface area contributed by atoms with Gasteiger partial charge in [-0.1, -0.05) is 0 Å². The zero-order valence-corrected chi connectivity index (χ0v) is 82.9. The summed E-state index contributed by atoms with van der Waals surface area (Å²) in [7, 11) is 8.84. The molecule has 0 aliphatic heterocycles. The van der Waals surface area contributed by atoms with Gasteiger partial charge in [0.2, 0.25) is 0 Å². The van der Waals surface area contributed by atoms with Gasteiger partial charge in [-0.05, 0) is 0 Å². The van der Waals surface area contributed by atoms with Crippen molar-refractivity contribution >= 4 is 70.6 Å². The Labute approximate surface area is 651 Å². The number of benzene rings is 4. The predicted octanol–water partition coefficient (Wildman–Crippen LogP) is 22.4. The molecule has 0 unspecified atom stereocenters. The third-order valence-corrected chi connectivity index (χ3v) is 37.5. The molecule has 0 bridgehead atoms. The van der Waals surface area contributed by atoms with E-state index in [1.165, 1.54) is 89.5 Å². The summed E-state index contributed by atoms with van der Waals surface area (Å²) in [6.07, 6.45) is 15.4. The molecule has 0 spiro atoms. The van der Waals surface area contributed by atoms with Crippen LogP contribution in [0.2, 0.25) is 69.1 Å². The van der Waals surface area contributed by atoms with Crippen molar-refractivity contribution in [2.75, 3.05) is 0 Å². The molecular weight excluding hydrogens is 1500 g/mol. The first-order valence-corrected chi connectivity index (χ1v) is 68.9. The van der Waals surface area contributed by atoms with Crippen LogP contribution >= 0.6 is 0 Å². The van der Waals surface area contributed by atoms with Gasteiger partial charge in [-0.15, -0.1) is 0 Å². The summed E-state index contributed by atoms with van der Waals surface area (Å²) in [5.74, 6) is 31.4. The third-order valence-electron chi connectivity index (χ3n) is 20.0. The molecule has 104 heavy (non-hydrogen) atoms. The molecule has 0 saturated heterocycles. The molecule has 4 aromatic heterocycles. The molecule has 4 aromatic carbocycles. The molecule has 0 atom stereocenters. The molecule has 0 saturated carbocycles. The van der Waals surface area contributed by atoms with E-state index in [9.17, 15) is 0 Å². The van der Waals surface area contributed by atoms with Crippen LogP contribution in [-0.4, -0.2) is 53.1 Å². The molecule has 0 fully saturated rings. The molecular formula is C96H152Ge4N4+4. The van der Waals surface area contributed by atoms with Crippen LogP contribution in [0, 0.1) is 62.2 Å². The standard InChI is InChI=1S/2C25H40GeN.C24H38GeN.C22H34GeN/c1-18-12-13-20(25(5,6)7)14-21(18)23-15-22(26(8,9)10)19(17-27(23)11)16-24(2,3)4;1-18(2)13-20-12-11-19(3)22(14-20)24-15-23(26(7,8)9)21(17-27(24)10)16-25(4,5)6;1-17(2)19-12-11-18(3)21(13-19)23-14-22(25(7,8)9)20(16-26(23)10)15-24(4,5)6;1-16-10-11-17(2)19(12-16)21-13-20(23(6,7)8)18(15-24(21)9)14-22(3,4)5/h12-15,17H,16H2,1-11H3;11-12,14-15,17-18H,13,16H2,1-10H3;11-14,16-17H,15H2,1-10H3;10-13,15H,14H2,1-9H3/q4*+1. The van der Waals surface area contributed by atoms with Crippen LogP contribution in [-0.2, 0) is 65.7 Å². The molecule has 0 N–H and O–H groups in total. The molecule has 0 amide bonds. The molecule has 8 aromatic rings. The topological polar surface area (TPSA) is 15.5 Å². The maximum absolute atomic E-state index is 2.53. The fraction of sp³-hybridized carbons (Fsp3) is 0.542. The van der Waals surface area contributed by atoms with Crippen LogP contribution in [0.15, 0.2) is 122 Å². The van der Waals surface area contributed by atoms with E-state index in [1.807, 2.05) is 0 Å². The number of aryl methyl sites for hydroxylation is 9. The summed E-state index contributed by atoms with van der Waals surface area (Å²) < 4.78 is 16.0. The van der Waals surface area contributed by atoms with E-state index in [0.29, 0.717) is 33.5 Å². The average molecular weight is 1650 g/mol. The Bertz CT molecular complexity index is 4270. The Morgan fingerprint density at radius 1 is 0.317 bits per heavy atom. The van der Waals surface area contributed by atoms with Gasteiger partial charge >= 0.3 is 657 Å². The normalized spacial score (nSPS) is 12.8. The van der Waals surface area contributed by atoms with E-state index in [0.717, 1.165) is 32.1 Å². The van der Waals surface area contributed by atoms with E-state index in [-0.39, 0.29) is 5.41 Å². The van der Waals surface area contributed by atoms with Crippen LogP contribution in [0.5, 0.6) is 0 Å². The van der Waals surface area contributed by atoms with E-state index < -0.39 is 53.1 Å². The first-order valence-electron chi connectivity index (χ1n) is 39.6. The second kappa shape index (κ2) is 34.7. The van der Waals surface area contributed by atoms with Crippen LogP contribution in [0.25, 0.3) is 45.0 Å². The van der Waals surface area contributed by atoms with Gasteiger partial charge in [0.25, 0.3) is 0 Å². The summed E-state index contributed by atoms with van der Waals surface area (Å²) in [6, 6.07) is 37.8. The fourth-order valence-electron chi connectivity index (χ4n) is 14.7. The first-order chi connectivity index (χ1) is 47.0. The Morgan fingerprint density at radius 2 is 0.587 bits per heavy atom. The summed E-state index contributed by atoms with van der Waals surface area (Å²) in [6.45, 7) is 55.3. The van der Waals surface area contributed by atoms with Gasteiger partial charge in [0.05, 0.1) is 0 Å². The Morgan fingerprint density at radius 3 is 0.865 bits per heavy atom. The zero-order chi connectivity index (χ0) is 79.5. The first kappa shape index (κ1) is 90.3. The zero-order valence-electron chi connectivity index (χ0n) is 74.5. The Hall–Kier alpha value is -4.35. The van der Waals surface area contributed by atoms with Crippen molar-refractivity contribution in [3.63, 3.8) is 0 Å². The van der Waals surface area contributed by atoms with Gasteiger partial charge in [-0.3, -0.25) is 0 Å². The molecule has 8 rings (SSSR count). The molecule has 4 nitrogen and oxygen atoms in total. The Balaban J connectivity index is 0.000000249. The third kappa shape index (κ3) is 26.5. The average Bonchev–Trinajstić information content (AvgIpc) is 0.775. The van der Waals surface area contributed by atoms with E-state index in [4.69, 9.17) is 0 Å². The minimum atomic E-state index is -2.00. The van der Waals surface area contributed by atoms with Crippen LogP contribution in [0.3, 0.4) is 0 Å². The number of aromatic nitrogens is 4. The summed E-state index contributed by atoms with van der Waals surface area (Å²) >= 11 is -7.91. The summed E-state index contributed by atoms with van der Waals surface area (Å²) in [5, 5.41) is 0. The monoisotopic (exact) mass is 1660 g/mol. The second-order valence-corrected chi connectivity index (χ2v) is 84.6. The van der Waals surface area contributed by atoms with E-state index in [2.05, 4.69) is 404 Å². The van der Waals surface area contributed by atoms with Gasteiger partial charge in [0, 0.05) is 0 Å². The number of nitrogens with zero attached hydrogens (tertiary/aromatic N) is 4.